The molecule has 2 aromatic rings. The van der Waals surface area contributed by atoms with Gasteiger partial charge in [-0.15, -0.1) is 5.10 Å². The maximum atomic E-state index is 11.3. The molecule has 1 aromatic heterocycles. The van der Waals surface area contributed by atoms with Gasteiger partial charge in [0.2, 0.25) is 0 Å². The highest BCUT2D eigenvalue weighted by Gasteiger charge is 2.07. The summed E-state index contributed by atoms with van der Waals surface area (Å²) in [5.41, 5.74) is 1.39. The number of para-hydroxylation sites is 1. The van der Waals surface area contributed by atoms with E-state index in [1.807, 2.05) is 30.3 Å². The Hall–Kier alpha value is -1.95. The summed E-state index contributed by atoms with van der Waals surface area (Å²) in [5, 5.41) is 7.87. The number of nitrogens with zero attached hydrogens (tertiary/aromatic N) is 3. The third-order valence-electron chi connectivity index (χ3n) is 2.47. The molecule has 6 heteroatoms. The molecule has 0 atom stereocenters. The molecule has 0 unspecified atom stereocenters. The van der Waals surface area contributed by atoms with Crippen molar-refractivity contribution in [2.45, 2.75) is 6.92 Å². The predicted molar refractivity (Wildman–Crippen MR) is 69.9 cm³/mol. The Bertz CT molecular complexity index is 672. The van der Waals surface area contributed by atoms with Crippen molar-refractivity contribution < 1.29 is 8.42 Å². The number of sulfone groups is 1. The van der Waals surface area contributed by atoms with Crippen LogP contribution in [0.2, 0.25) is 0 Å². The number of hydrogen-bond donors (Lipinski definition) is 0. The van der Waals surface area contributed by atoms with E-state index in [1.165, 1.54) is 19.3 Å². The van der Waals surface area contributed by atoms with E-state index in [9.17, 15) is 8.42 Å². The third-order valence-corrected chi connectivity index (χ3v) is 3.76. The minimum atomic E-state index is -3.17. The van der Waals surface area contributed by atoms with E-state index in [2.05, 4.69) is 10.3 Å². The molecular weight excluding hydrogens is 250 g/mol. The lowest BCUT2D eigenvalue weighted by Crippen LogP contribution is -1.96. The molecule has 0 aliphatic rings. The maximum absolute atomic E-state index is 11.3. The fourth-order valence-electron chi connectivity index (χ4n) is 1.37. The monoisotopic (exact) mass is 263 g/mol. The fraction of sp³-hybridized carbons (Fsp3) is 0.167. The van der Waals surface area contributed by atoms with Gasteiger partial charge in [-0.25, -0.2) is 13.1 Å². The summed E-state index contributed by atoms with van der Waals surface area (Å²) >= 11 is 0. The Morgan fingerprint density at radius 1 is 1.28 bits per heavy atom. The highest BCUT2D eigenvalue weighted by atomic mass is 32.2. The lowest BCUT2D eigenvalue weighted by molar-refractivity contribution is 0.608. The molecule has 1 heterocycles. The van der Waals surface area contributed by atoms with Gasteiger partial charge >= 0.3 is 0 Å². The van der Waals surface area contributed by atoms with Crippen molar-refractivity contribution in [3.63, 3.8) is 0 Å². The lowest BCUT2D eigenvalue weighted by Gasteiger charge is -1.97. The summed E-state index contributed by atoms with van der Waals surface area (Å²) in [6.45, 7) is 1.54. The van der Waals surface area contributed by atoms with Gasteiger partial charge in [-0.3, -0.25) is 0 Å². The molecule has 0 spiro atoms. The van der Waals surface area contributed by atoms with Crippen LogP contribution in [0.25, 0.3) is 11.8 Å². The molecule has 5 nitrogen and oxygen atoms in total. The van der Waals surface area contributed by atoms with Crippen molar-refractivity contribution in [3.8, 4) is 5.69 Å². The topological polar surface area (TPSA) is 64.8 Å². The molecule has 0 saturated heterocycles. The third kappa shape index (κ3) is 2.84. The highest BCUT2D eigenvalue weighted by Crippen LogP contribution is 2.11. The molecule has 0 fully saturated rings. The minimum absolute atomic E-state index is 0.266. The summed E-state index contributed by atoms with van der Waals surface area (Å²) in [6, 6.07) is 9.49. The van der Waals surface area contributed by atoms with Crippen LogP contribution < -0.4 is 0 Å². The van der Waals surface area contributed by atoms with Crippen LogP contribution in [-0.4, -0.2) is 29.7 Å². The van der Waals surface area contributed by atoms with Crippen molar-refractivity contribution >= 4 is 15.9 Å². The van der Waals surface area contributed by atoms with Crippen LogP contribution in [0.1, 0.15) is 12.6 Å². The molecule has 0 N–H and O–H groups in total. The van der Waals surface area contributed by atoms with Crippen molar-refractivity contribution in [1.82, 2.24) is 15.0 Å². The van der Waals surface area contributed by atoms with E-state index < -0.39 is 9.84 Å². The predicted octanol–water partition coefficient (Wildman–Crippen LogP) is 1.67. The highest BCUT2D eigenvalue weighted by molar-refractivity contribution is 7.94. The largest absolute Gasteiger partial charge is 0.224 e. The average Bonchev–Trinajstić information content (AvgIpc) is 2.77. The first-order chi connectivity index (χ1) is 8.47. The van der Waals surface area contributed by atoms with Crippen molar-refractivity contribution in [2.75, 3.05) is 6.26 Å². The van der Waals surface area contributed by atoms with Gasteiger partial charge < -0.3 is 0 Å². The normalized spacial score (nSPS) is 12.7. The Labute approximate surface area is 106 Å². The summed E-state index contributed by atoms with van der Waals surface area (Å²) in [5.74, 6) is 0. The van der Waals surface area contributed by atoms with Crippen molar-refractivity contribution in [1.29, 1.82) is 0 Å². The van der Waals surface area contributed by atoms with Gasteiger partial charge in [0.15, 0.2) is 9.84 Å². The van der Waals surface area contributed by atoms with E-state index in [0.29, 0.717) is 5.69 Å². The molecule has 0 saturated carbocycles. The number of aromatic nitrogens is 3. The molecule has 0 bridgehead atoms. The zero-order chi connectivity index (χ0) is 13.2. The quantitative estimate of drug-likeness (QED) is 0.845. The number of benzene rings is 1. The molecule has 0 aliphatic heterocycles. The van der Waals surface area contributed by atoms with Gasteiger partial charge in [-0.1, -0.05) is 23.4 Å². The van der Waals surface area contributed by atoms with Crippen LogP contribution >= 0.6 is 0 Å². The van der Waals surface area contributed by atoms with Gasteiger partial charge in [0.1, 0.15) is 5.69 Å². The SMILES string of the molecule is C/C(=C\c1cn(-c2ccccc2)nn1)S(C)(=O)=O. The molecular formula is C12H13N3O2S. The first-order valence-electron chi connectivity index (χ1n) is 5.33. The Balaban J connectivity index is 2.33. The molecule has 1 aromatic carbocycles. The Morgan fingerprint density at radius 2 is 1.94 bits per heavy atom. The van der Waals surface area contributed by atoms with Crippen LogP contribution in [-0.2, 0) is 9.84 Å². The number of hydrogen-bond acceptors (Lipinski definition) is 4. The van der Waals surface area contributed by atoms with Crippen LogP contribution in [0.4, 0.5) is 0 Å². The van der Waals surface area contributed by atoms with E-state index in [-0.39, 0.29) is 4.91 Å². The summed E-state index contributed by atoms with van der Waals surface area (Å²) in [4.78, 5) is 0.266. The second-order valence-corrected chi connectivity index (χ2v) is 6.14. The second-order valence-electron chi connectivity index (χ2n) is 3.95. The maximum Gasteiger partial charge on any atom is 0.171 e. The molecule has 18 heavy (non-hydrogen) atoms. The van der Waals surface area contributed by atoms with E-state index in [4.69, 9.17) is 0 Å². The molecule has 94 valence electrons. The zero-order valence-electron chi connectivity index (χ0n) is 10.1. The van der Waals surface area contributed by atoms with Crippen LogP contribution in [0.5, 0.6) is 0 Å². The molecule has 0 radical (unpaired) electrons. The zero-order valence-corrected chi connectivity index (χ0v) is 10.9. The summed E-state index contributed by atoms with van der Waals surface area (Å²) < 4.78 is 24.2. The minimum Gasteiger partial charge on any atom is -0.224 e. The molecule has 2 rings (SSSR count). The van der Waals surface area contributed by atoms with E-state index in [0.717, 1.165) is 5.69 Å². The summed E-state index contributed by atoms with van der Waals surface area (Å²) in [7, 11) is -3.17. The van der Waals surface area contributed by atoms with Crippen LogP contribution in [0.15, 0.2) is 41.4 Å². The first kappa shape index (κ1) is 12.5. The Morgan fingerprint density at radius 3 is 2.56 bits per heavy atom. The van der Waals surface area contributed by atoms with Crippen LogP contribution in [0.3, 0.4) is 0 Å². The fourth-order valence-corrected chi connectivity index (χ4v) is 1.70. The van der Waals surface area contributed by atoms with Gasteiger partial charge in [0.25, 0.3) is 0 Å². The average molecular weight is 263 g/mol. The Kier molecular flexibility index (Phi) is 3.29. The van der Waals surface area contributed by atoms with Gasteiger partial charge in [0, 0.05) is 11.2 Å². The van der Waals surface area contributed by atoms with Crippen LogP contribution in [0, 0.1) is 0 Å². The smallest absolute Gasteiger partial charge is 0.171 e. The lowest BCUT2D eigenvalue weighted by atomic mass is 10.3. The van der Waals surface area contributed by atoms with Gasteiger partial charge in [-0.2, -0.15) is 0 Å². The standard InChI is InChI=1S/C12H13N3O2S/c1-10(18(2,16)17)8-11-9-15(14-13-11)12-6-4-3-5-7-12/h3-9H,1-2H3/b10-8+. The number of allylic oxidation sites excluding steroid dienone is 1. The first-order valence-corrected chi connectivity index (χ1v) is 7.22. The van der Waals surface area contributed by atoms with Crippen molar-refractivity contribution in [3.05, 3.63) is 47.1 Å². The number of rotatable bonds is 3. The van der Waals surface area contributed by atoms with Gasteiger partial charge in [0.05, 0.1) is 11.9 Å². The molecule has 0 aliphatic carbocycles. The summed E-state index contributed by atoms with van der Waals surface area (Å²) in [6.07, 6.45) is 4.35. The molecule has 0 amide bonds. The van der Waals surface area contributed by atoms with Gasteiger partial charge in [-0.05, 0) is 25.1 Å². The second kappa shape index (κ2) is 4.73. The van der Waals surface area contributed by atoms with E-state index in [1.54, 1.807) is 10.9 Å². The van der Waals surface area contributed by atoms with E-state index >= 15 is 0 Å². The van der Waals surface area contributed by atoms with Crippen molar-refractivity contribution in [2.24, 2.45) is 0 Å².